The van der Waals surface area contributed by atoms with E-state index in [2.05, 4.69) is 90.1 Å². The first-order valence-electron chi connectivity index (χ1n) is 13.3. The van der Waals surface area contributed by atoms with Gasteiger partial charge in [-0.2, -0.15) is 0 Å². The first-order valence-corrected chi connectivity index (χ1v) is 15.2. The Morgan fingerprint density at radius 2 is 1.32 bits per heavy atom. The van der Waals surface area contributed by atoms with Crippen molar-refractivity contribution in [3.05, 3.63) is 96.1 Å². The Morgan fingerprint density at radius 1 is 0.811 bits per heavy atom. The summed E-state index contributed by atoms with van der Waals surface area (Å²) in [7, 11) is -2.68. The van der Waals surface area contributed by atoms with Crippen molar-refractivity contribution in [2.45, 2.75) is 65.0 Å². The van der Waals surface area contributed by atoms with Crippen molar-refractivity contribution in [3.8, 4) is 0 Å². The minimum Gasteiger partial charge on any atom is -0.406 e. The van der Waals surface area contributed by atoms with Gasteiger partial charge in [0.1, 0.15) is 0 Å². The van der Waals surface area contributed by atoms with Gasteiger partial charge < -0.3 is 14.4 Å². The van der Waals surface area contributed by atoms with Crippen LogP contribution in [0.3, 0.4) is 0 Å². The minimum absolute atomic E-state index is 0.00656. The Balaban J connectivity index is 1.96. The number of nitrogens with zero attached hydrogens (tertiary/aromatic N) is 1. The van der Waals surface area contributed by atoms with Gasteiger partial charge in [-0.3, -0.25) is 4.79 Å². The second-order valence-electron chi connectivity index (χ2n) is 11.6. The van der Waals surface area contributed by atoms with Gasteiger partial charge in [-0.15, -0.1) is 0 Å². The van der Waals surface area contributed by atoms with Crippen molar-refractivity contribution < 1.29 is 14.3 Å². The van der Waals surface area contributed by atoms with E-state index in [-0.39, 0.29) is 23.1 Å². The van der Waals surface area contributed by atoms with Crippen molar-refractivity contribution in [2.24, 2.45) is 0 Å². The molecule has 0 saturated carbocycles. The minimum atomic E-state index is -2.68. The van der Waals surface area contributed by atoms with Crippen LogP contribution in [0.2, 0.25) is 5.04 Å². The van der Waals surface area contributed by atoms with Crippen LogP contribution in [0.4, 0.5) is 0 Å². The number of aryl methyl sites for hydroxylation is 1. The highest BCUT2D eigenvalue weighted by molar-refractivity contribution is 6.99. The van der Waals surface area contributed by atoms with Crippen LogP contribution in [0.5, 0.6) is 0 Å². The van der Waals surface area contributed by atoms with Crippen molar-refractivity contribution in [1.29, 1.82) is 0 Å². The molecule has 4 nitrogen and oxygen atoms in total. The smallest absolute Gasteiger partial charge is 0.261 e. The van der Waals surface area contributed by atoms with Crippen molar-refractivity contribution in [3.63, 3.8) is 0 Å². The maximum absolute atomic E-state index is 13.9. The molecule has 37 heavy (non-hydrogen) atoms. The number of hydrogen-bond donors (Lipinski definition) is 1. The van der Waals surface area contributed by atoms with Gasteiger partial charge in [0.25, 0.3) is 14.2 Å². The van der Waals surface area contributed by atoms with Gasteiger partial charge in [0.05, 0.1) is 6.61 Å². The quantitative estimate of drug-likeness (QED) is 0.365. The van der Waals surface area contributed by atoms with Crippen LogP contribution in [0.15, 0.2) is 84.9 Å². The molecule has 0 aliphatic heterocycles. The Labute approximate surface area is 224 Å². The lowest BCUT2D eigenvalue weighted by Crippen LogP contribution is -2.67. The number of aliphatic hydroxyl groups excluding tert-OH is 1. The van der Waals surface area contributed by atoms with Gasteiger partial charge in [0.15, 0.2) is 0 Å². The van der Waals surface area contributed by atoms with Gasteiger partial charge in [0, 0.05) is 24.3 Å². The summed E-state index contributed by atoms with van der Waals surface area (Å²) in [6.45, 7) is 14.1. The molecule has 0 atom stereocenters. The Hall–Kier alpha value is -2.73. The summed E-state index contributed by atoms with van der Waals surface area (Å²) in [5.74, 6) is 0.00656. The summed E-state index contributed by atoms with van der Waals surface area (Å²) < 4.78 is 7.09. The fourth-order valence-corrected chi connectivity index (χ4v) is 9.71. The average Bonchev–Trinajstić information content (AvgIpc) is 2.87. The number of carbonyl (C=O) groups excluding carboxylic acids is 1. The number of benzene rings is 3. The molecular weight excluding hydrogens is 474 g/mol. The molecule has 0 bridgehead atoms. The van der Waals surface area contributed by atoms with Crippen LogP contribution in [0, 0.1) is 0 Å². The lowest BCUT2D eigenvalue weighted by molar-refractivity contribution is 0.0534. The molecule has 198 valence electrons. The van der Waals surface area contributed by atoms with Gasteiger partial charge >= 0.3 is 0 Å². The van der Waals surface area contributed by atoms with Crippen LogP contribution < -0.4 is 10.4 Å². The van der Waals surface area contributed by atoms with Crippen molar-refractivity contribution in [2.75, 3.05) is 19.8 Å². The van der Waals surface area contributed by atoms with Crippen LogP contribution in [-0.4, -0.2) is 49.5 Å². The highest BCUT2D eigenvalue weighted by atomic mass is 28.4. The number of rotatable bonds is 10. The molecule has 0 heterocycles. The van der Waals surface area contributed by atoms with Gasteiger partial charge in [-0.05, 0) is 60.7 Å². The average molecular weight is 518 g/mol. The first-order chi connectivity index (χ1) is 17.5. The summed E-state index contributed by atoms with van der Waals surface area (Å²) in [5, 5.41) is 11.7. The van der Waals surface area contributed by atoms with E-state index in [4.69, 9.17) is 4.43 Å². The molecular formula is C32H43NO3Si. The summed E-state index contributed by atoms with van der Waals surface area (Å²) in [4.78, 5) is 15.8. The predicted octanol–water partition coefficient (Wildman–Crippen LogP) is 5.43. The van der Waals surface area contributed by atoms with E-state index in [1.54, 1.807) is 0 Å². The second kappa shape index (κ2) is 12.2. The van der Waals surface area contributed by atoms with Gasteiger partial charge in [0.2, 0.25) is 0 Å². The number of aliphatic hydroxyl groups is 1. The molecule has 1 N–H and O–H groups in total. The van der Waals surface area contributed by atoms with Gasteiger partial charge in [-0.25, -0.2) is 0 Å². The number of carbonyl (C=O) groups is 1. The third-order valence-electron chi connectivity index (χ3n) is 6.96. The van der Waals surface area contributed by atoms with E-state index >= 15 is 0 Å². The standard InChI is InChI=1S/C32H43NO3Si/c1-31(2,3)33(30(35)29-22-14-13-16-26(29)17-15-24-34)23-25-36-37(32(4,5)6,27-18-9-7-10-19-27)28-20-11-8-12-21-28/h7-14,16,18-22,34H,15,17,23-25H2,1-6H3. The van der Waals surface area contributed by atoms with E-state index < -0.39 is 8.32 Å². The van der Waals surface area contributed by atoms with Crippen LogP contribution in [0.1, 0.15) is 63.9 Å². The van der Waals surface area contributed by atoms with Gasteiger partial charge in [-0.1, -0.05) is 99.6 Å². The number of amides is 1. The molecule has 0 aromatic heterocycles. The Morgan fingerprint density at radius 3 is 1.81 bits per heavy atom. The Bertz CT molecular complexity index is 1090. The van der Waals surface area contributed by atoms with E-state index in [9.17, 15) is 9.90 Å². The maximum atomic E-state index is 13.9. The molecule has 0 aliphatic carbocycles. The molecule has 0 aliphatic rings. The van der Waals surface area contributed by atoms with Crippen LogP contribution >= 0.6 is 0 Å². The fraction of sp³-hybridized carbons (Fsp3) is 0.406. The van der Waals surface area contributed by atoms with E-state index in [0.717, 1.165) is 5.56 Å². The monoisotopic (exact) mass is 517 g/mol. The third kappa shape index (κ3) is 6.59. The largest absolute Gasteiger partial charge is 0.406 e. The van der Waals surface area contributed by atoms with E-state index in [1.165, 1.54) is 10.4 Å². The summed E-state index contributed by atoms with van der Waals surface area (Å²) >= 11 is 0. The predicted molar refractivity (Wildman–Crippen MR) is 156 cm³/mol. The Kier molecular flexibility index (Phi) is 9.51. The van der Waals surface area contributed by atoms with E-state index in [0.29, 0.717) is 31.6 Å². The highest BCUT2D eigenvalue weighted by Crippen LogP contribution is 2.36. The second-order valence-corrected chi connectivity index (χ2v) is 15.9. The highest BCUT2D eigenvalue weighted by Gasteiger charge is 2.50. The van der Waals surface area contributed by atoms with Crippen LogP contribution in [-0.2, 0) is 10.8 Å². The lowest BCUT2D eigenvalue weighted by Gasteiger charge is -2.44. The lowest BCUT2D eigenvalue weighted by atomic mass is 9.99. The molecule has 3 aromatic rings. The number of hydrogen-bond acceptors (Lipinski definition) is 3. The molecule has 0 unspecified atom stereocenters. The normalized spacial score (nSPS) is 12.4. The molecule has 0 radical (unpaired) electrons. The summed E-state index contributed by atoms with van der Waals surface area (Å²) in [6, 6.07) is 29.0. The maximum Gasteiger partial charge on any atom is 0.261 e. The molecule has 5 heteroatoms. The molecule has 3 aromatic carbocycles. The zero-order valence-corrected chi connectivity index (χ0v) is 24.3. The summed E-state index contributed by atoms with van der Waals surface area (Å²) in [5.41, 5.74) is 1.30. The van der Waals surface area contributed by atoms with E-state index in [1.807, 2.05) is 41.3 Å². The zero-order valence-electron chi connectivity index (χ0n) is 23.3. The SMILES string of the molecule is CC(C)(C)N(CCO[Si](c1ccccc1)(c1ccccc1)C(C)(C)C)C(=O)c1ccccc1CCCO. The van der Waals surface area contributed by atoms with Crippen LogP contribution in [0.25, 0.3) is 0 Å². The summed E-state index contributed by atoms with van der Waals surface area (Å²) in [6.07, 6.45) is 1.31. The third-order valence-corrected chi connectivity index (χ3v) is 12.0. The molecule has 3 rings (SSSR count). The first kappa shape index (κ1) is 28.8. The molecule has 1 amide bonds. The molecule has 0 fully saturated rings. The zero-order chi connectivity index (χ0) is 27.1. The van der Waals surface area contributed by atoms with Crippen molar-refractivity contribution >= 4 is 24.6 Å². The fourth-order valence-electron chi connectivity index (χ4n) is 5.16. The topological polar surface area (TPSA) is 49.8 Å². The molecule has 0 spiro atoms. The van der Waals surface area contributed by atoms with Crippen molar-refractivity contribution in [1.82, 2.24) is 4.90 Å². The molecule has 0 saturated heterocycles.